The lowest BCUT2D eigenvalue weighted by molar-refractivity contribution is -0.137. The van der Waals surface area contributed by atoms with Crippen molar-refractivity contribution in [2.75, 3.05) is 31.6 Å². The lowest BCUT2D eigenvalue weighted by atomic mass is 10.0. The summed E-state index contributed by atoms with van der Waals surface area (Å²) < 4.78 is 5.84. The number of anilines is 1. The van der Waals surface area contributed by atoms with E-state index in [0.717, 1.165) is 49.1 Å². The van der Waals surface area contributed by atoms with Crippen LogP contribution < -0.4 is 5.32 Å². The number of ether oxygens (including phenoxy) is 1. The van der Waals surface area contributed by atoms with Gasteiger partial charge in [-0.3, -0.25) is 9.59 Å². The molecule has 0 spiro atoms. The Kier molecular flexibility index (Phi) is 7.30. The zero-order chi connectivity index (χ0) is 26.1. The Bertz CT molecular complexity index is 1180. The van der Waals surface area contributed by atoms with Crippen LogP contribution in [-0.2, 0) is 20.9 Å². The summed E-state index contributed by atoms with van der Waals surface area (Å²) in [5, 5.41) is 2.50. The normalized spacial score (nSPS) is 26.0. The van der Waals surface area contributed by atoms with Crippen LogP contribution in [0.2, 0.25) is 0 Å². The molecule has 4 heterocycles. The molecule has 0 saturated carbocycles. The molecule has 0 bridgehead atoms. The molecule has 0 aliphatic carbocycles. The maximum Gasteiger partial charge on any atom is 0.322 e. The molecule has 0 aromatic heterocycles. The highest BCUT2D eigenvalue weighted by Gasteiger charge is 2.44. The Hall–Kier alpha value is -3.04. The van der Waals surface area contributed by atoms with Crippen LogP contribution in [0.25, 0.3) is 0 Å². The SMILES string of the molecule is O=C(CC1SC(c2ccccc2)N(CC2CCCO2)C1=O)N1CCC(N2Cc3ccccc3NC2=O)CC1. The minimum absolute atomic E-state index is 0.0218. The lowest BCUT2D eigenvalue weighted by Crippen LogP contribution is -2.51. The summed E-state index contributed by atoms with van der Waals surface area (Å²) in [7, 11) is 0. The fourth-order valence-corrected chi connectivity index (χ4v) is 7.48. The van der Waals surface area contributed by atoms with Gasteiger partial charge >= 0.3 is 6.03 Å². The van der Waals surface area contributed by atoms with Gasteiger partial charge in [-0.25, -0.2) is 4.79 Å². The first-order valence-corrected chi connectivity index (χ1v) is 14.6. The number of nitrogens with one attached hydrogen (secondary N) is 1. The summed E-state index contributed by atoms with van der Waals surface area (Å²) in [4.78, 5) is 45.3. The predicted molar refractivity (Wildman–Crippen MR) is 146 cm³/mol. The maximum atomic E-state index is 13.5. The summed E-state index contributed by atoms with van der Waals surface area (Å²) >= 11 is 1.58. The number of amides is 4. The molecule has 4 aliphatic rings. The molecule has 4 aliphatic heterocycles. The summed E-state index contributed by atoms with van der Waals surface area (Å²) in [6.07, 6.45) is 3.75. The van der Waals surface area contributed by atoms with Crippen LogP contribution in [0.4, 0.5) is 10.5 Å². The van der Waals surface area contributed by atoms with Crippen molar-refractivity contribution in [2.24, 2.45) is 0 Å². The van der Waals surface area contributed by atoms with Gasteiger partial charge in [-0.2, -0.15) is 0 Å². The molecule has 4 amide bonds. The van der Waals surface area contributed by atoms with E-state index in [4.69, 9.17) is 4.74 Å². The van der Waals surface area contributed by atoms with Gasteiger partial charge in [0.15, 0.2) is 0 Å². The molecule has 200 valence electrons. The van der Waals surface area contributed by atoms with Crippen molar-refractivity contribution in [1.82, 2.24) is 14.7 Å². The fraction of sp³-hybridized carbons (Fsp3) is 0.483. The van der Waals surface area contributed by atoms with Gasteiger partial charge in [0.2, 0.25) is 11.8 Å². The van der Waals surface area contributed by atoms with Gasteiger partial charge in [-0.05, 0) is 42.9 Å². The van der Waals surface area contributed by atoms with Crippen molar-refractivity contribution in [1.29, 1.82) is 0 Å². The molecule has 2 aromatic rings. The molecule has 38 heavy (non-hydrogen) atoms. The predicted octanol–water partition coefficient (Wildman–Crippen LogP) is 4.24. The van der Waals surface area contributed by atoms with Crippen LogP contribution in [0.3, 0.4) is 0 Å². The van der Waals surface area contributed by atoms with E-state index in [1.165, 1.54) is 0 Å². The lowest BCUT2D eigenvalue weighted by Gasteiger charge is -2.40. The largest absolute Gasteiger partial charge is 0.376 e. The Morgan fingerprint density at radius 2 is 1.76 bits per heavy atom. The third kappa shape index (κ3) is 5.14. The number of piperidine rings is 1. The van der Waals surface area contributed by atoms with Gasteiger partial charge in [-0.1, -0.05) is 48.5 Å². The molecule has 3 atom stereocenters. The number of para-hydroxylation sites is 1. The molecule has 2 aromatic carbocycles. The molecule has 3 fully saturated rings. The van der Waals surface area contributed by atoms with E-state index in [9.17, 15) is 14.4 Å². The van der Waals surface area contributed by atoms with E-state index in [2.05, 4.69) is 17.4 Å². The molecular weight excluding hydrogens is 500 g/mol. The molecule has 9 heteroatoms. The van der Waals surface area contributed by atoms with Gasteiger partial charge < -0.3 is 24.8 Å². The first-order chi connectivity index (χ1) is 18.6. The van der Waals surface area contributed by atoms with E-state index in [0.29, 0.717) is 26.2 Å². The van der Waals surface area contributed by atoms with Crippen molar-refractivity contribution in [3.8, 4) is 0 Å². The quantitative estimate of drug-likeness (QED) is 0.600. The van der Waals surface area contributed by atoms with Crippen molar-refractivity contribution in [3.63, 3.8) is 0 Å². The Labute approximate surface area is 227 Å². The third-order valence-electron chi connectivity index (χ3n) is 8.12. The monoisotopic (exact) mass is 534 g/mol. The highest BCUT2D eigenvalue weighted by atomic mass is 32.2. The third-order valence-corrected chi connectivity index (χ3v) is 9.60. The average molecular weight is 535 g/mol. The Morgan fingerprint density at radius 3 is 2.53 bits per heavy atom. The molecule has 3 saturated heterocycles. The highest BCUT2D eigenvalue weighted by molar-refractivity contribution is 8.01. The molecule has 0 radical (unpaired) electrons. The number of rotatable bonds is 6. The molecular formula is C29H34N4O4S. The molecule has 3 unspecified atom stereocenters. The van der Waals surface area contributed by atoms with Crippen LogP contribution in [0.1, 0.15) is 48.6 Å². The van der Waals surface area contributed by atoms with Gasteiger partial charge in [0.05, 0.1) is 11.4 Å². The van der Waals surface area contributed by atoms with Crippen molar-refractivity contribution >= 4 is 35.3 Å². The van der Waals surface area contributed by atoms with Gasteiger partial charge in [0.1, 0.15) is 5.37 Å². The van der Waals surface area contributed by atoms with Crippen LogP contribution in [0.15, 0.2) is 54.6 Å². The van der Waals surface area contributed by atoms with Crippen LogP contribution in [0, 0.1) is 0 Å². The molecule has 8 nitrogen and oxygen atoms in total. The van der Waals surface area contributed by atoms with Crippen molar-refractivity contribution < 1.29 is 19.1 Å². The van der Waals surface area contributed by atoms with E-state index < -0.39 is 5.25 Å². The van der Waals surface area contributed by atoms with Crippen molar-refractivity contribution in [2.45, 2.75) is 61.4 Å². The zero-order valence-electron chi connectivity index (χ0n) is 21.5. The average Bonchev–Trinajstić information content (AvgIpc) is 3.57. The number of likely N-dealkylation sites (tertiary alicyclic amines) is 1. The second kappa shape index (κ2) is 11.0. The number of hydrogen-bond donors (Lipinski definition) is 1. The molecule has 1 N–H and O–H groups in total. The smallest absolute Gasteiger partial charge is 0.322 e. The first kappa shape index (κ1) is 25.2. The summed E-state index contributed by atoms with van der Waals surface area (Å²) in [5.41, 5.74) is 3.08. The van der Waals surface area contributed by atoms with Crippen LogP contribution in [0.5, 0.6) is 0 Å². The first-order valence-electron chi connectivity index (χ1n) is 13.6. The minimum atomic E-state index is -0.392. The number of hydrogen-bond acceptors (Lipinski definition) is 5. The van der Waals surface area contributed by atoms with Gasteiger partial charge in [0.25, 0.3) is 0 Å². The minimum Gasteiger partial charge on any atom is -0.376 e. The topological polar surface area (TPSA) is 82.2 Å². The van der Waals surface area contributed by atoms with Gasteiger partial charge in [0, 0.05) is 50.9 Å². The van der Waals surface area contributed by atoms with Crippen molar-refractivity contribution in [3.05, 3.63) is 65.7 Å². The second-order valence-electron chi connectivity index (χ2n) is 10.5. The number of carbonyl (C=O) groups excluding carboxylic acids is 3. The van der Waals surface area contributed by atoms with E-state index >= 15 is 0 Å². The van der Waals surface area contributed by atoms with Crippen LogP contribution >= 0.6 is 11.8 Å². The Balaban J connectivity index is 1.07. The summed E-state index contributed by atoms with van der Waals surface area (Å²) in [6, 6.07) is 18.0. The number of carbonyl (C=O) groups is 3. The highest BCUT2D eigenvalue weighted by Crippen LogP contribution is 2.45. The number of nitrogens with zero attached hydrogens (tertiary/aromatic N) is 3. The Morgan fingerprint density at radius 1 is 1.00 bits per heavy atom. The summed E-state index contributed by atoms with van der Waals surface area (Å²) in [5.74, 6) is 0.0553. The van der Waals surface area contributed by atoms with Crippen LogP contribution in [-0.4, -0.2) is 76.2 Å². The van der Waals surface area contributed by atoms with Gasteiger partial charge in [-0.15, -0.1) is 11.8 Å². The standard InChI is InChI=1S/C29H34N4O4S/c34-26(31-14-12-22(13-15-31)32-18-21-9-4-5-11-24(21)30-29(32)36)17-25-27(35)33(19-23-10-6-16-37-23)28(38-25)20-7-2-1-3-8-20/h1-5,7-9,11,22-23,25,28H,6,10,12-19H2,(H,30,36). The number of benzene rings is 2. The number of thioether (sulfide) groups is 1. The van der Waals surface area contributed by atoms with E-state index in [1.807, 2.05) is 57.2 Å². The van der Waals surface area contributed by atoms with E-state index in [-0.39, 0.29) is 41.8 Å². The molecule has 6 rings (SSSR count). The maximum absolute atomic E-state index is 13.5. The fourth-order valence-electron chi connectivity index (χ4n) is 6.02. The summed E-state index contributed by atoms with van der Waals surface area (Å²) in [6.45, 7) is 3.11. The second-order valence-corrected chi connectivity index (χ2v) is 11.8. The van der Waals surface area contributed by atoms with E-state index in [1.54, 1.807) is 11.8 Å². The zero-order valence-corrected chi connectivity index (χ0v) is 22.3. The number of urea groups is 1. The number of fused-ring (bicyclic) bond motifs is 1.